The second kappa shape index (κ2) is 3.69. The molecule has 0 bridgehead atoms. The molecule has 1 N–H and O–H groups in total. The SMILES string of the molecule is CC(=O)Nc1cc(Cl)sc1C=O. The molecule has 3 nitrogen and oxygen atoms in total. The molecule has 0 unspecified atom stereocenters. The molecule has 1 amide bonds. The Morgan fingerprint density at radius 3 is 2.92 bits per heavy atom. The first-order valence-electron chi connectivity index (χ1n) is 3.15. The number of thiophene rings is 1. The van der Waals surface area contributed by atoms with Crippen molar-refractivity contribution in [2.75, 3.05) is 5.32 Å². The Balaban J connectivity index is 2.96. The van der Waals surface area contributed by atoms with Crippen molar-refractivity contribution in [3.05, 3.63) is 15.3 Å². The van der Waals surface area contributed by atoms with Gasteiger partial charge >= 0.3 is 0 Å². The van der Waals surface area contributed by atoms with Crippen molar-refractivity contribution in [1.82, 2.24) is 0 Å². The average molecular weight is 204 g/mol. The van der Waals surface area contributed by atoms with E-state index in [0.717, 1.165) is 11.3 Å². The largest absolute Gasteiger partial charge is 0.325 e. The van der Waals surface area contributed by atoms with Crippen molar-refractivity contribution in [2.45, 2.75) is 6.92 Å². The van der Waals surface area contributed by atoms with Crippen LogP contribution in [-0.4, -0.2) is 12.2 Å². The van der Waals surface area contributed by atoms with Gasteiger partial charge in [0, 0.05) is 6.92 Å². The number of hydrogen-bond acceptors (Lipinski definition) is 3. The highest BCUT2D eigenvalue weighted by molar-refractivity contribution is 7.18. The molecule has 0 aliphatic carbocycles. The van der Waals surface area contributed by atoms with Crippen LogP contribution in [0.15, 0.2) is 6.07 Å². The summed E-state index contributed by atoms with van der Waals surface area (Å²) in [5.41, 5.74) is 0.479. The van der Waals surface area contributed by atoms with Crippen LogP contribution < -0.4 is 5.32 Å². The van der Waals surface area contributed by atoms with Crippen molar-refractivity contribution in [3.8, 4) is 0 Å². The molecule has 12 heavy (non-hydrogen) atoms. The highest BCUT2D eigenvalue weighted by Crippen LogP contribution is 2.29. The lowest BCUT2D eigenvalue weighted by Gasteiger charge is -1.96. The zero-order valence-electron chi connectivity index (χ0n) is 6.26. The van der Waals surface area contributed by atoms with Crippen LogP contribution in [0, 0.1) is 0 Å². The summed E-state index contributed by atoms with van der Waals surface area (Å²) in [4.78, 5) is 21.5. The van der Waals surface area contributed by atoms with E-state index in [1.165, 1.54) is 6.92 Å². The van der Waals surface area contributed by atoms with Crippen molar-refractivity contribution in [2.24, 2.45) is 0 Å². The van der Waals surface area contributed by atoms with E-state index in [4.69, 9.17) is 11.6 Å². The smallest absolute Gasteiger partial charge is 0.221 e. The second-order valence-corrected chi connectivity index (χ2v) is 3.84. The molecule has 0 fully saturated rings. The van der Waals surface area contributed by atoms with Crippen LogP contribution >= 0.6 is 22.9 Å². The van der Waals surface area contributed by atoms with E-state index in [1.54, 1.807) is 6.07 Å². The number of halogens is 1. The summed E-state index contributed by atoms with van der Waals surface area (Å²) in [6, 6.07) is 1.55. The van der Waals surface area contributed by atoms with Gasteiger partial charge < -0.3 is 5.32 Å². The number of aldehydes is 1. The quantitative estimate of drug-likeness (QED) is 0.749. The topological polar surface area (TPSA) is 46.2 Å². The van der Waals surface area contributed by atoms with E-state index in [2.05, 4.69) is 5.32 Å². The van der Waals surface area contributed by atoms with Crippen molar-refractivity contribution in [1.29, 1.82) is 0 Å². The van der Waals surface area contributed by atoms with Gasteiger partial charge in [-0.2, -0.15) is 0 Å². The Morgan fingerprint density at radius 2 is 2.42 bits per heavy atom. The average Bonchev–Trinajstić information content (AvgIpc) is 2.29. The van der Waals surface area contributed by atoms with Gasteiger partial charge in [-0.15, -0.1) is 11.3 Å². The lowest BCUT2D eigenvalue weighted by molar-refractivity contribution is -0.114. The van der Waals surface area contributed by atoms with Gasteiger partial charge in [0.2, 0.25) is 5.91 Å². The predicted octanol–water partition coefficient (Wildman–Crippen LogP) is 2.17. The van der Waals surface area contributed by atoms with E-state index in [0.29, 0.717) is 21.2 Å². The number of carbonyl (C=O) groups excluding carboxylic acids is 2. The lowest BCUT2D eigenvalue weighted by atomic mass is 10.4. The van der Waals surface area contributed by atoms with E-state index in [9.17, 15) is 9.59 Å². The highest BCUT2D eigenvalue weighted by atomic mass is 35.5. The third kappa shape index (κ3) is 2.06. The molecular formula is C7H6ClNO2S. The van der Waals surface area contributed by atoms with Crippen LogP contribution in [0.4, 0.5) is 5.69 Å². The normalized spacial score (nSPS) is 9.50. The molecule has 0 aromatic carbocycles. The minimum absolute atomic E-state index is 0.215. The van der Waals surface area contributed by atoms with Gasteiger partial charge in [0.05, 0.1) is 14.9 Å². The first-order chi connectivity index (χ1) is 5.63. The molecule has 0 radical (unpaired) electrons. The van der Waals surface area contributed by atoms with Gasteiger partial charge in [-0.3, -0.25) is 9.59 Å². The van der Waals surface area contributed by atoms with Crippen LogP contribution in [0.1, 0.15) is 16.6 Å². The molecule has 1 rings (SSSR count). The zero-order chi connectivity index (χ0) is 9.14. The minimum Gasteiger partial charge on any atom is -0.325 e. The monoisotopic (exact) mass is 203 g/mol. The Labute approximate surface area is 78.3 Å². The molecule has 1 aromatic heterocycles. The number of hydrogen-bond donors (Lipinski definition) is 1. The van der Waals surface area contributed by atoms with Gasteiger partial charge in [-0.05, 0) is 6.07 Å². The highest BCUT2D eigenvalue weighted by Gasteiger charge is 2.07. The van der Waals surface area contributed by atoms with Crippen LogP contribution in [0.25, 0.3) is 0 Å². The van der Waals surface area contributed by atoms with Gasteiger partial charge in [0.1, 0.15) is 0 Å². The van der Waals surface area contributed by atoms with Crippen LogP contribution in [0.2, 0.25) is 4.34 Å². The molecule has 0 aliphatic rings. The fourth-order valence-corrected chi connectivity index (χ4v) is 1.76. The molecule has 0 atom stereocenters. The summed E-state index contributed by atoms with van der Waals surface area (Å²) in [5.74, 6) is -0.215. The Kier molecular flexibility index (Phi) is 2.83. The Bertz CT molecular complexity index is 321. The number of carbonyl (C=O) groups is 2. The van der Waals surface area contributed by atoms with Crippen LogP contribution in [-0.2, 0) is 4.79 Å². The molecule has 1 heterocycles. The molecule has 1 aromatic rings. The summed E-state index contributed by atoms with van der Waals surface area (Å²) in [6.45, 7) is 1.38. The summed E-state index contributed by atoms with van der Waals surface area (Å²) >= 11 is 6.78. The maximum atomic E-state index is 10.6. The van der Waals surface area contributed by atoms with Gasteiger partial charge in [0.25, 0.3) is 0 Å². The molecule has 0 aliphatic heterocycles. The maximum Gasteiger partial charge on any atom is 0.221 e. The standard InChI is InChI=1S/C7H6ClNO2S/c1-4(11)9-5-2-7(8)12-6(5)3-10/h2-3H,1H3,(H,9,11). The third-order valence-corrected chi connectivity index (χ3v) is 2.34. The molecule has 64 valence electrons. The molecular weight excluding hydrogens is 198 g/mol. The number of amides is 1. The van der Waals surface area contributed by atoms with Gasteiger partial charge in [-0.25, -0.2) is 0 Å². The number of nitrogens with one attached hydrogen (secondary N) is 1. The Morgan fingerprint density at radius 1 is 1.75 bits per heavy atom. The number of anilines is 1. The predicted molar refractivity (Wildman–Crippen MR) is 49.0 cm³/mol. The van der Waals surface area contributed by atoms with E-state index in [1.807, 2.05) is 0 Å². The van der Waals surface area contributed by atoms with Gasteiger partial charge in [-0.1, -0.05) is 11.6 Å². The second-order valence-electron chi connectivity index (χ2n) is 2.13. The molecule has 0 saturated heterocycles. The lowest BCUT2D eigenvalue weighted by Crippen LogP contribution is -2.05. The van der Waals surface area contributed by atoms with E-state index in [-0.39, 0.29) is 5.91 Å². The van der Waals surface area contributed by atoms with Crippen LogP contribution in [0.3, 0.4) is 0 Å². The molecule has 0 spiro atoms. The van der Waals surface area contributed by atoms with Crippen molar-refractivity contribution < 1.29 is 9.59 Å². The first-order valence-corrected chi connectivity index (χ1v) is 4.35. The summed E-state index contributed by atoms with van der Waals surface area (Å²) in [6.07, 6.45) is 0.668. The Hall–Kier alpha value is -0.870. The third-order valence-electron chi connectivity index (χ3n) is 1.15. The molecule has 5 heteroatoms. The van der Waals surface area contributed by atoms with E-state index >= 15 is 0 Å². The summed E-state index contributed by atoms with van der Waals surface area (Å²) in [7, 11) is 0. The van der Waals surface area contributed by atoms with Gasteiger partial charge in [0.15, 0.2) is 6.29 Å². The number of rotatable bonds is 2. The minimum atomic E-state index is -0.215. The zero-order valence-corrected chi connectivity index (χ0v) is 7.83. The summed E-state index contributed by atoms with van der Waals surface area (Å²) in [5, 5.41) is 2.50. The van der Waals surface area contributed by atoms with Crippen LogP contribution in [0.5, 0.6) is 0 Å². The molecule has 0 saturated carbocycles. The van der Waals surface area contributed by atoms with E-state index < -0.39 is 0 Å². The van der Waals surface area contributed by atoms with Crippen molar-refractivity contribution in [3.63, 3.8) is 0 Å². The fourth-order valence-electron chi connectivity index (χ4n) is 0.749. The fraction of sp³-hybridized carbons (Fsp3) is 0.143. The maximum absolute atomic E-state index is 10.6. The summed E-state index contributed by atoms with van der Waals surface area (Å²) < 4.78 is 0.487. The van der Waals surface area contributed by atoms with Crippen molar-refractivity contribution >= 4 is 40.8 Å². The first kappa shape index (κ1) is 9.22.